The molecule has 140 valence electrons. The SMILES string of the molecule is CC(Sc1nc(CC(=O)NCc2cccc(C(F)(F)F)c2)cs1)C(N)=O. The number of nitrogens with zero attached hydrogens (tertiary/aromatic N) is 1. The molecule has 0 aliphatic rings. The van der Waals surface area contributed by atoms with Gasteiger partial charge in [0.05, 0.1) is 22.9 Å². The lowest BCUT2D eigenvalue weighted by Gasteiger charge is -2.09. The molecule has 0 aliphatic carbocycles. The van der Waals surface area contributed by atoms with E-state index >= 15 is 0 Å². The van der Waals surface area contributed by atoms with E-state index in [4.69, 9.17) is 5.73 Å². The van der Waals surface area contributed by atoms with Crippen molar-refractivity contribution in [3.8, 4) is 0 Å². The summed E-state index contributed by atoms with van der Waals surface area (Å²) in [5, 5.41) is 3.84. The van der Waals surface area contributed by atoms with Crippen LogP contribution < -0.4 is 11.1 Å². The minimum Gasteiger partial charge on any atom is -0.369 e. The maximum absolute atomic E-state index is 12.7. The number of hydrogen-bond donors (Lipinski definition) is 2. The first-order valence-electron chi connectivity index (χ1n) is 7.48. The van der Waals surface area contributed by atoms with Crippen LogP contribution in [0.1, 0.15) is 23.7 Å². The van der Waals surface area contributed by atoms with Gasteiger partial charge in [0.2, 0.25) is 11.8 Å². The average Bonchev–Trinajstić information content (AvgIpc) is 2.99. The first-order chi connectivity index (χ1) is 12.1. The Morgan fingerprint density at radius 1 is 1.38 bits per heavy atom. The molecule has 2 rings (SSSR count). The number of benzene rings is 1. The zero-order valence-corrected chi connectivity index (χ0v) is 15.3. The van der Waals surface area contributed by atoms with Crippen molar-refractivity contribution < 1.29 is 22.8 Å². The molecule has 0 saturated heterocycles. The third-order valence-electron chi connectivity index (χ3n) is 3.29. The van der Waals surface area contributed by atoms with Crippen LogP contribution in [-0.2, 0) is 28.7 Å². The van der Waals surface area contributed by atoms with E-state index in [0.29, 0.717) is 15.6 Å². The minimum absolute atomic E-state index is 0.000966. The number of alkyl halides is 3. The molecule has 0 radical (unpaired) electrons. The molecular formula is C16H16F3N3O2S2. The van der Waals surface area contributed by atoms with Crippen LogP contribution in [0.5, 0.6) is 0 Å². The lowest BCUT2D eigenvalue weighted by molar-refractivity contribution is -0.137. The molecule has 0 bridgehead atoms. The topological polar surface area (TPSA) is 85.1 Å². The van der Waals surface area contributed by atoms with E-state index in [9.17, 15) is 22.8 Å². The molecule has 0 spiro atoms. The molecule has 2 aromatic rings. The van der Waals surface area contributed by atoms with Gasteiger partial charge < -0.3 is 11.1 Å². The lowest BCUT2D eigenvalue weighted by Crippen LogP contribution is -2.25. The Morgan fingerprint density at radius 3 is 2.77 bits per heavy atom. The Bertz CT molecular complexity index is 793. The summed E-state index contributed by atoms with van der Waals surface area (Å²) >= 11 is 2.50. The fourth-order valence-corrected chi connectivity index (χ4v) is 3.85. The summed E-state index contributed by atoms with van der Waals surface area (Å²) in [5.74, 6) is -0.808. The van der Waals surface area contributed by atoms with Crippen LogP contribution >= 0.6 is 23.1 Å². The highest BCUT2D eigenvalue weighted by Crippen LogP contribution is 2.29. The molecular weight excluding hydrogens is 387 g/mol. The van der Waals surface area contributed by atoms with Crippen LogP contribution in [-0.4, -0.2) is 22.0 Å². The van der Waals surface area contributed by atoms with Crippen molar-refractivity contribution in [3.63, 3.8) is 0 Å². The molecule has 1 unspecified atom stereocenters. The highest BCUT2D eigenvalue weighted by Gasteiger charge is 2.30. The number of amides is 2. The van der Waals surface area contributed by atoms with E-state index in [1.165, 1.54) is 35.2 Å². The number of nitrogens with two attached hydrogens (primary N) is 1. The second-order valence-electron chi connectivity index (χ2n) is 5.42. The monoisotopic (exact) mass is 403 g/mol. The average molecular weight is 403 g/mol. The number of carbonyl (C=O) groups excluding carboxylic acids is 2. The van der Waals surface area contributed by atoms with Crippen LogP contribution in [0, 0.1) is 0 Å². The zero-order valence-electron chi connectivity index (χ0n) is 13.7. The van der Waals surface area contributed by atoms with Crippen LogP contribution in [0.2, 0.25) is 0 Å². The predicted octanol–water partition coefficient (Wildman–Crippen LogP) is 2.99. The maximum atomic E-state index is 12.7. The Hall–Kier alpha value is -2.07. The Balaban J connectivity index is 1.88. The van der Waals surface area contributed by atoms with Crippen LogP contribution in [0.15, 0.2) is 34.0 Å². The number of thioether (sulfide) groups is 1. The zero-order chi connectivity index (χ0) is 19.3. The van der Waals surface area contributed by atoms with Crippen LogP contribution in [0.4, 0.5) is 13.2 Å². The molecule has 1 heterocycles. The van der Waals surface area contributed by atoms with E-state index in [0.717, 1.165) is 12.1 Å². The van der Waals surface area contributed by atoms with Gasteiger partial charge >= 0.3 is 6.18 Å². The largest absolute Gasteiger partial charge is 0.416 e. The van der Waals surface area contributed by atoms with Gasteiger partial charge in [0.1, 0.15) is 0 Å². The van der Waals surface area contributed by atoms with Crippen molar-refractivity contribution in [3.05, 3.63) is 46.5 Å². The quantitative estimate of drug-likeness (QED) is 0.696. The summed E-state index contributed by atoms with van der Waals surface area (Å²) in [6, 6.07) is 4.79. The summed E-state index contributed by atoms with van der Waals surface area (Å²) < 4.78 is 38.6. The Morgan fingerprint density at radius 2 is 2.12 bits per heavy atom. The number of thiazole rings is 1. The molecule has 1 atom stereocenters. The molecule has 0 fully saturated rings. The van der Waals surface area contributed by atoms with E-state index in [-0.39, 0.29) is 18.9 Å². The Kier molecular flexibility index (Phi) is 6.65. The van der Waals surface area contributed by atoms with Gasteiger partial charge in [-0.1, -0.05) is 23.9 Å². The maximum Gasteiger partial charge on any atom is 0.416 e. The smallest absolute Gasteiger partial charge is 0.369 e. The van der Waals surface area contributed by atoms with Gasteiger partial charge in [-0.25, -0.2) is 4.98 Å². The van der Waals surface area contributed by atoms with E-state index in [2.05, 4.69) is 10.3 Å². The lowest BCUT2D eigenvalue weighted by atomic mass is 10.1. The second-order valence-corrected chi connectivity index (χ2v) is 7.86. The fourth-order valence-electron chi connectivity index (χ4n) is 1.92. The van der Waals surface area contributed by atoms with E-state index in [1.54, 1.807) is 12.3 Å². The normalized spacial score (nSPS) is 12.6. The Labute approximate surface area is 156 Å². The summed E-state index contributed by atoms with van der Waals surface area (Å²) in [6.45, 7) is 1.66. The van der Waals surface area contributed by atoms with Crippen molar-refractivity contribution >= 4 is 34.9 Å². The summed E-state index contributed by atoms with van der Waals surface area (Å²) in [4.78, 5) is 27.2. The fraction of sp³-hybridized carbons (Fsp3) is 0.312. The van der Waals surface area contributed by atoms with Crippen molar-refractivity contribution in [2.24, 2.45) is 5.73 Å². The van der Waals surface area contributed by atoms with Crippen molar-refractivity contribution in [2.45, 2.75) is 35.7 Å². The van der Waals surface area contributed by atoms with E-state index < -0.39 is 22.9 Å². The molecule has 1 aromatic heterocycles. The number of nitrogens with one attached hydrogen (secondary N) is 1. The third-order valence-corrected chi connectivity index (χ3v) is 5.43. The minimum atomic E-state index is -4.42. The van der Waals surface area contributed by atoms with Gasteiger partial charge in [0.25, 0.3) is 0 Å². The molecule has 0 saturated carbocycles. The van der Waals surface area contributed by atoms with Crippen molar-refractivity contribution in [2.75, 3.05) is 0 Å². The molecule has 0 aliphatic heterocycles. The van der Waals surface area contributed by atoms with Gasteiger partial charge in [-0.05, 0) is 24.6 Å². The second kappa shape index (κ2) is 8.54. The highest BCUT2D eigenvalue weighted by molar-refractivity contribution is 8.02. The van der Waals surface area contributed by atoms with Crippen LogP contribution in [0.25, 0.3) is 0 Å². The number of carbonyl (C=O) groups is 2. The number of rotatable bonds is 7. The third kappa shape index (κ3) is 6.03. The molecule has 1 aromatic carbocycles. The van der Waals surface area contributed by atoms with Gasteiger partial charge in [-0.3, -0.25) is 9.59 Å². The molecule has 10 heteroatoms. The molecule has 2 amide bonds. The van der Waals surface area contributed by atoms with Crippen molar-refractivity contribution in [1.82, 2.24) is 10.3 Å². The summed E-state index contributed by atoms with van der Waals surface area (Å²) in [7, 11) is 0. The van der Waals surface area contributed by atoms with Crippen molar-refractivity contribution in [1.29, 1.82) is 0 Å². The van der Waals surface area contributed by atoms with E-state index in [1.807, 2.05) is 0 Å². The molecule has 5 nitrogen and oxygen atoms in total. The summed E-state index contributed by atoms with van der Waals surface area (Å²) in [5.41, 5.74) is 5.31. The van der Waals surface area contributed by atoms with Crippen LogP contribution in [0.3, 0.4) is 0 Å². The van der Waals surface area contributed by atoms with Gasteiger partial charge in [-0.2, -0.15) is 13.2 Å². The number of hydrogen-bond acceptors (Lipinski definition) is 5. The van der Waals surface area contributed by atoms with Gasteiger partial charge in [0.15, 0.2) is 4.34 Å². The number of primary amides is 1. The number of halogens is 3. The van der Waals surface area contributed by atoms with Gasteiger partial charge in [0, 0.05) is 11.9 Å². The standard InChI is InChI=1S/C16H16F3N3O2S2/c1-9(14(20)24)26-15-22-12(8-25-15)6-13(23)21-7-10-3-2-4-11(5-10)16(17,18)19/h2-5,8-9H,6-7H2,1H3,(H2,20,24)(H,21,23). The molecule has 26 heavy (non-hydrogen) atoms. The summed E-state index contributed by atoms with van der Waals surface area (Å²) in [6.07, 6.45) is -4.42. The van der Waals surface area contributed by atoms with Gasteiger partial charge in [-0.15, -0.1) is 11.3 Å². The number of aromatic nitrogens is 1. The highest BCUT2D eigenvalue weighted by atomic mass is 32.2. The predicted molar refractivity (Wildman–Crippen MR) is 93.6 cm³/mol. The molecule has 3 N–H and O–H groups in total. The first-order valence-corrected chi connectivity index (χ1v) is 9.24. The first kappa shape index (κ1) is 20.2.